The summed E-state index contributed by atoms with van der Waals surface area (Å²) < 4.78 is 10.4. The average molecular weight is 706 g/mol. The van der Waals surface area contributed by atoms with Gasteiger partial charge in [-0.05, 0) is 51.0 Å². The summed E-state index contributed by atoms with van der Waals surface area (Å²) in [6, 6.07) is 1.92. The summed E-state index contributed by atoms with van der Waals surface area (Å²) in [4.78, 5) is 102. The van der Waals surface area contributed by atoms with Gasteiger partial charge in [-0.1, -0.05) is 71.4 Å². The van der Waals surface area contributed by atoms with Crippen molar-refractivity contribution in [2.45, 2.75) is 104 Å². The number of carboxylic acid groups (broad SMARTS) is 1. The number of carboxylic acids is 1. The molecule has 0 saturated carbocycles. The maximum atomic E-state index is 13.5. The van der Waals surface area contributed by atoms with E-state index in [2.05, 4.69) is 26.6 Å². The van der Waals surface area contributed by atoms with Gasteiger partial charge in [0.25, 0.3) is 11.8 Å². The number of hydrogen-bond donors (Lipinski definition) is 6. The van der Waals surface area contributed by atoms with E-state index in [9.17, 15) is 43.5 Å². The van der Waals surface area contributed by atoms with Crippen LogP contribution in [0, 0.1) is 11.8 Å². The SMILES string of the molecule is CCCC(NC(=O)[C@H](CC(C)C)NC(=O)[C@@H](NC(=O)OCC(C)C)C(=O)OC(C)(C)C)C(=O)C(=O)NCC(=O)N[C@H](C(=O)O)c1ccccc1. The van der Waals surface area contributed by atoms with E-state index in [1.54, 1.807) is 73.6 Å². The molecule has 5 amide bonds. The highest BCUT2D eigenvalue weighted by molar-refractivity contribution is 6.38. The number of Topliss-reactive ketones (excluding diaryl/α,β-unsaturated/α-hetero) is 1. The minimum atomic E-state index is -1.89. The monoisotopic (exact) mass is 705 g/mol. The van der Waals surface area contributed by atoms with E-state index in [1.165, 1.54) is 12.1 Å². The van der Waals surface area contributed by atoms with Gasteiger partial charge in [-0.25, -0.2) is 14.4 Å². The highest BCUT2D eigenvalue weighted by atomic mass is 16.6. The molecule has 0 bridgehead atoms. The Balaban J connectivity index is 3.07. The van der Waals surface area contributed by atoms with Crippen LogP contribution in [-0.4, -0.2) is 89.4 Å². The summed E-state index contributed by atoms with van der Waals surface area (Å²) in [6.07, 6.45) is -0.638. The van der Waals surface area contributed by atoms with Crippen LogP contribution in [0.4, 0.5) is 4.79 Å². The Bertz CT molecular complexity index is 1360. The maximum absolute atomic E-state index is 13.5. The van der Waals surface area contributed by atoms with Gasteiger partial charge in [0, 0.05) is 0 Å². The molecule has 0 aliphatic heterocycles. The Labute approximate surface area is 292 Å². The van der Waals surface area contributed by atoms with E-state index in [1.807, 2.05) is 0 Å². The Morgan fingerprint density at radius 1 is 0.800 bits per heavy atom. The van der Waals surface area contributed by atoms with Crippen molar-refractivity contribution in [1.29, 1.82) is 0 Å². The summed E-state index contributed by atoms with van der Waals surface area (Å²) >= 11 is 0. The lowest BCUT2D eigenvalue weighted by molar-refractivity contribution is -0.160. The third-order valence-corrected chi connectivity index (χ3v) is 6.58. The summed E-state index contributed by atoms with van der Waals surface area (Å²) in [5.41, 5.74) is -0.730. The van der Waals surface area contributed by atoms with E-state index >= 15 is 0 Å². The van der Waals surface area contributed by atoms with Crippen molar-refractivity contribution in [2.75, 3.05) is 13.2 Å². The van der Waals surface area contributed by atoms with Crippen LogP contribution in [-0.2, 0) is 43.0 Å². The molecule has 6 N–H and O–H groups in total. The van der Waals surface area contributed by atoms with Crippen LogP contribution in [0.2, 0.25) is 0 Å². The molecule has 0 aromatic heterocycles. The van der Waals surface area contributed by atoms with Crippen LogP contribution in [0.5, 0.6) is 0 Å². The molecule has 1 unspecified atom stereocenters. The molecule has 0 saturated heterocycles. The number of nitrogens with one attached hydrogen (secondary N) is 5. The van der Waals surface area contributed by atoms with Gasteiger partial charge in [0.05, 0.1) is 19.2 Å². The first kappa shape index (κ1) is 43.0. The number of alkyl carbamates (subject to hydrolysis) is 1. The van der Waals surface area contributed by atoms with Crippen molar-refractivity contribution in [2.24, 2.45) is 11.8 Å². The van der Waals surface area contributed by atoms with Gasteiger partial charge in [-0.2, -0.15) is 0 Å². The predicted octanol–water partition coefficient (Wildman–Crippen LogP) is 1.52. The normalized spacial score (nSPS) is 13.6. The smallest absolute Gasteiger partial charge is 0.408 e. The maximum Gasteiger partial charge on any atom is 0.408 e. The first-order chi connectivity index (χ1) is 23.2. The Hall–Kier alpha value is -5.02. The number of carbonyl (C=O) groups excluding carboxylic acids is 7. The van der Waals surface area contributed by atoms with Crippen LogP contribution < -0.4 is 26.6 Å². The van der Waals surface area contributed by atoms with Crippen LogP contribution in [0.3, 0.4) is 0 Å². The van der Waals surface area contributed by atoms with Gasteiger partial charge < -0.3 is 35.8 Å². The van der Waals surface area contributed by atoms with Crippen molar-refractivity contribution in [3.63, 3.8) is 0 Å². The largest absolute Gasteiger partial charge is 0.479 e. The van der Waals surface area contributed by atoms with Gasteiger partial charge in [0.2, 0.25) is 23.6 Å². The van der Waals surface area contributed by atoms with E-state index < -0.39 is 83.8 Å². The van der Waals surface area contributed by atoms with E-state index in [0.717, 1.165) is 0 Å². The fraction of sp³-hybridized carbons (Fsp3) is 0.588. The molecular formula is C34H51N5O11. The van der Waals surface area contributed by atoms with E-state index in [4.69, 9.17) is 9.47 Å². The van der Waals surface area contributed by atoms with Crippen LogP contribution in [0.15, 0.2) is 30.3 Å². The van der Waals surface area contributed by atoms with Gasteiger partial charge in [-0.15, -0.1) is 0 Å². The fourth-order valence-electron chi connectivity index (χ4n) is 4.33. The van der Waals surface area contributed by atoms with Crippen LogP contribution in [0.1, 0.15) is 86.3 Å². The highest BCUT2D eigenvalue weighted by Crippen LogP contribution is 2.13. The first-order valence-corrected chi connectivity index (χ1v) is 16.4. The predicted molar refractivity (Wildman–Crippen MR) is 180 cm³/mol. The fourth-order valence-corrected chi connectivity index (χ4v) is 4.33. The molecule has 1 aromatic carbocycles. The summed E-state index contributed by atoms with van der Waals surface area (Å²) in [7, 11) is 0. The second kappa shape index (κ2) is 20.5. The van der Waals surface area contributed by atoms with Crippen molar-refractivity contribution in [1.82, 2.24) is 26.6 Å². The minimum absolute atomic E-state index is 0.00844. The molecule has 0 fully saturated rings. The lowest BCUT2D eigenvalue weighted by Gasteiger charge is -2.27. The molecule has 0 aliphatic carbocycles. The summed E-state index contributed by atoms with van der Waals surface area (Å²) in [5.74, 6) is -7.72. The Kier molecular flexibility index (Phi) is 17.6. The number of ketones is 1. The number of ether oxygens (including phenoxy) is 2. The molecule has 0 spiro atoms. The molecule has 1 rings (SSSR count). The quantitative estimate of drug-likeness (QED) is 0.0686. The molecule has 50 heavy (non-hydrogen) atoms. The number of benzene rings is 1. The average Bonchev–Trinajstić information content (AvgIpc) is 3.02. The van der Waals surface area contributed by atoms with Gasteiger partial charge in [0.1, 0.15) is 11.6 Å². The van der Waals surface area contributed by atoms with Crippen molar-refractivity contribution < 1.29 is 52.9 Å². The molecule has 0 aliphatic rings. The van der Waals surface area contributed by atoms with E-state index in [0.29, 0.717) is 12.0 Å². The van der Waals surface area contributed by atoms with Gasteiger partial charge in [0.15, 0.2) is 6.04 Å². The van der Waals surface area contributed by atoms with Crippen molar-refractivity contribution in [3.05, 3.63) is 35.9 Å². The molecule has 16 nitrogen and oxygen atoms in total. The van der Waals surface area contributed by atoms with Crippen molar-refractivity contribution in [3.8, 4) is 0 Å². The molecule has 278 valence electrons. The number of aliphatic carboxylic acids is 1. The van der Waals surface area contributed by atoms with E-state index in [-0.39, 0.29) is 31.3 Å². The zero-order valence-corrected chi connectivity index (χ0v) is 29.9. The second-order valence-corrected chi connectivity index (χ2v) is 13.4. The lowest BCUT2D eigenvalue weighted by atomic mass is 10.0. The third-order valence-electron chi connectivity index (χ3n) is 6.58. The summed E-state index contributed by atoms with van der Waals surface area (Å²) in [5, 5.41) is 21.1. The van der Waals surface area contributed by atoms with Gasteiger partial charge >= 0.3 is 18.0 Å². The minimum Gasteiger partial charge on any atom is -0.479 e. The standard InChI is InChI=1S/C34H51N5O11/c1-9-13-22(27(41)30(44)35-17-24(40)38-25(31(45)46)21-14-11-10-12-15-21)36-28(42)23(16-19(2)3)37-29(43)26(32(47)50-34(6,7)8)39-33(48)49-18-20(4)5/h10-12,14-15,19-20,22-23,25-26H,9,13,16-18H2,1-8H3,(H,35,44)(H,36,42)(H,37,43)(H,38,40)(H,39,48)(H,45,46)/t22?,23-,25-,26+/m0/s1. The molecule has 4 atom stereocenters. The third kappa shape index (κ3) is 15.9. The topological polar surface area (TPSA) is 235 Å². The molecule has 0 heterocycles. The highest BCUT2D eigenvalue weighted by Gasteiger charge is 2.37. The van der Waals surface area contributed by atoms with Crippen molar-refractivity contribution >= 4 is 47.4 Å². The number of esters is 1. The zero-order valence-electron chi connectivity index (χ0n) is 29.9. The zero-order chi connectivity index (χ0) is 38.2. The Morgan fingerprint density at radius 2 is 1.40 bits per heavy atom. The number of rotatable bonds is 19. The Morgan fingerprint density at radius 3 is 1.92 bits per heavy atom. The van der Waals surface area contributed by atoms with Crippen LogP contribution >= 0.6 is 0 Å². The molecule has 1 aromatic rings. The summed E-state index contributed by atoms with van der Waals surface area (Å²) in [6.45, 7) is 12.8. The molecule has 16 heteroatoms. The molecule has 0 radical (unpaired) electrons. The van der Waals surface area contributed by atoms with Crippen LogP contribution in [0.25, 0.3) is 0 Å². The second-order valence-electron chi connectivity index (χ2n) is 13.4. The first-order valence-electron chi connectivity index (χ1n) is 16.4. The number of amides is 5. The number of hydrogen-bond acceptors (Lipinski definition) is 10. The molecular weight excluding hydrogens is 654 g/mol. The van der Waals surface area contributed by atoms with Gasteiger partial charge in [-0.3, -0.25) is 29.3 Å². The lowest BCUT2D eigenvalue weighted by Crippen LogP contribution is -2.59. The number of carbonyl (C=O) groups is 8.